The van der Waals surface area contributed by atoms with Crippen molar-refractivity contribution >= 4 is 11.6 Å². The van der Waals surface area contributed by atoms with Gasteiger partial charge in [0.1, 0.15) is 18.3 Å². The minimum atomic E-state index is -1.14. The Morgan fingerprint density at radius 1 is 1.06 bits per heavy atom. The van der Waals surface area contributed by atoms with E-state index in [1.54, 1.807) is 9.58 Å². The number of benzene rings is 2. The second kappa shape index (κ2) is 10.2. The number of nitrogens with zero attached hydrogens (tertiary/aromatic N) is 5. The Bertz CT molecular complexity index is 1150. The number of hydrogen-bond donors (Lipinski definition) is 2. The van der Waals surface area contributed by atoms with Gasteiger partial charge >= 0.3 is 0 Å². The molecule has 9 nitrogen and oxygen atoms in total. The number of ether oxygens (including phenoxy) is 1. The fourth-order valence-electron chi connectivity index (χ4n) is 4.94. The Hall–Kier alpha value is -3.11. The Morgan fingerprint density at radius 2 is 1.80 bits per heavy atom. The summed E-state index contributed by atoms with van der Waals surface area (Å²) >= 11 is 0. The van der Waals surface area contributed by atoms with E-state index in [4.69, 9.17) is 4.74 Å². The van der Waals surface area contributed by atoms with Crippen LogP contribution in [-0.4, -0.2) is 74.0 Å². The first kappa shape index (κ1) is 23.6. The van der Waals surface area contributed by atoms with Gasteiger partial charge in [0, 0.05) is 31.5 Å². The average Bonchev–Trinajstić information content (AvgIpc) is 3.55. The third-order valence-corrected chi connectivity index (χ3v) is 6.71. The molecule has 3 aromatic rings. The van der Waals surface area contributed by atoms with E-state index in [9.17, 15) is 15.0 Å². The first-order chi connectivity index (χ1) is 17.0. The van der Waals surface area contributed by atoms with E-state index in [1.165, 1.54) is 5.56 Å². The zero-order chi connectivity index (χ0) is 24.4. The summed E-state index contributed by atoms with van der Waals surface area (Å²) in [6.45, 7) is 2.28. The van der Waals surface area contributed by atoms with Crippen molar-refractivity contribution in [1.82, 2.24) is 19.9 Å². The molecule has 0 saturated carbocycles. The van der Waals surface area contributed by atoms with Crippen LogP contribution in [0.1, 0.15) is 23.2 Å². The Morgan fingerprint density at radius 3 is 2.63 bits per heavy atom. The highest BCUT2D eigenvalue weighted by atomic mass is 16.5. The second-order valence-corrected chi connectivity index (χ2v) is 9.41. The van der Waals surface area contributed by atoms with Crippen LogP contribution >= 0.6 is 0 Å². The third-order valence-electron chi connectivity index (χ3n) is 6.71. The van der Waals surface area contributed by atoms with E-state index in [0.717, 1.165) is 29.9 Å². The molecule has 4 atom stereocenters. The van der Waals surface area contributed by atoms with Gasteiger partial charge in [-0.1, -0.05) is 53.7 Å². The van der Waals surface area contributed by atoms with Crippen molar-refractivity contribution in [3.05, 3.63) is 77.6 Å². The fraction of sp³-hybridized carbons (Fsp3) is 0.423. The number of carbonyl (C=O) groups is 1. The van der Waals surface area contributed by atoms with Crippen molar-refractivity contribution in [2.24, 2.45) is 0 Å². The largest absolute Gasteiger partial charge is 0.388 e. The summed E-state index contributed by atoms with van der Waals surface area (Å²) in [5.41, 5.74) is 4.07. The van der Waals surface area contributed by atoms with E-state index in [0.29, 0.717) is 13.1 Å². The van der Waals surface area contributed by atoms with Crippen LogP contribution in [0.15, 0.2) is 60.8 Å². The minimum Gasteiger partial charge on any atom is -0.388 e. The van der Waals surface area contributed by atoms with Gasteiger partial charge in [-0.05, 0) is 30.7 Å². The number of amides is 1. The van der Waals surface area contributed by atoms with E-state index in [2.05, 4.69) is 27.3 Å². The lowest BCUT2D eigenvalue weighted by Crippen LogP contribution is -2.37. The van der Waals surface area contributed by atoms with Crippen LogP contribution in [0.3, 0.4) is 0 Å². The SMILES string of the molecule is CN(Cc1ccccc1)Cc1cn(C[C@H]2O[C@@H](CC(=O)N3CCc4ccccc43)[C@H](O)[C@@H]2O)nn1. The topological polar surface area (TPSA) is 104 Å². The maximum absolute atomic E-state index is 12.9. The predicted octanol–water partition coefficient (Wildman–Crippen LogP) is 1.38. The smallest absolute Gasteiger partial charge is 0.229 e. The highest BCUT2D eigenvalue weighted by Gasteiger charge is 2.44. The summed E-state index contributed by atoms with van der Waals surface area (Å²) in [6, 6.07) is 18.0. The first-order valence-electron chi connectivity index (χ1n) is 12.0. The number of carbonyl (C=O) groups excluding carboxylic acids is 1. The standard InChI is InChI=1S/C26H31N5O4/c1-29(14-18-7-3-2-4-8-18)15-20-16-30(28-27-20)17-23-26(34)25(33)22(35-23)13-24(32)31-12-11-19-9-5-6-10-21(19)31/h2-10,16,22-23,25-26,33-34H,11-15,17H2,1H3/t22-,23+,25-,26+/m0/s1. The zero-order valence-corrected chi connectivity index (χ0v) is 19.8. The van der Waals surface area contributed by atoms with Crippen LogP contribution in [0, 0.1) is 0 Å². The fourth-order valence-corrected chi connectivity index (χ4v) is 4.94. The monoisotopic (exact) mass is 477 g/mol. The maximum atomic E-state index is 12.9. The number of aromatic nitrogens is 3. The van der Waals surface area contributed by atoms with Crippen molar-refractivity contribution in [3.8, 4) is 0 Å². The molecule has 1 aromatic heterocycles. The summed E-state index contributed by atoms with van der Waals surface area (Å²) in [4.78, 5) is 16.8. The van der Waals surface area contributed by atoms with E-state index < -0.39 is 24.4 Å². The lowest BCUT2D eigenvalue weighted by molar-refractivity contribution is -0.122. The molecular weight excluding hydrogens is 446 g/mol. The van der Waals surface area contributed by atoms with Crippen molar-refractivity contribution in [2.45, 2.75) is 56.9 Å². The average molecular weight is 478 g/mol. The molecule has 3 heterocycles. The van der Waals surface area contributed by atoms with Gasteiger partial charge in [0.2, 0.25) is 5.91 Å². The molecule has 2 aliphatic heterocycles. The molecule has 0 radical (unpaired) electrons. The summed E-state index contributed by atoms with van der Waals surface area (Å²) in [6.07, 6.45) is -1.04. The van der Waals surface area contributed by atoms with Gasteiger partial charge in [0.25, 0.3) is 0 Å². The molecule has 0 aliphatic carbocycles. The highest BCUT2D eigenvalue weighted by Crippen LogP contribution is 2.30. The summed E-state index contributed by atoms with van der Waals surface area (Å²) in [5.74, 6) is -0.114. The number of hydrogen-bond acceptors (Lipinski definition) is 7. The van der Waals surface area contributed by atoms with Crippen molar-refractivity contribution in [1.29, 1.82) is 0 Å². The quantitative estimate of drug-likeness (QED) is 0.505. The van der Waals surface area contributed by atoms with Crippen LogP contribution in [-0.2, 0) is 35.6 Å². The molecule has 1 fully saturated rings. The maximum Gasteiger partial charge on any atom is 0.229 e. The molecule has 9 heteroatoms. The summed E-state index contributed by atoms with van der Waals surface area (Å²) < 4.78 is 7.55. The molecule has 1 amide bonds. The number of anilines is 1. The van der Waals surface area contributed by atoms with Gasteiger partial charge in [-0.2, -0.15) is 0 Å². The molecule has 5 rings (SSSR count). The van der Waals surface area contributed by atoms with Gasteiger partial charge < -0.3 is 19.8 Å². The van der Waals surface area contributed by atoms with Crippen LogP contribution in [0.25, 0.3) is 0 Å². The van der Waals surface area contributed by atoms with Crippen molar-refractivity contribution < 1.29 is 19.7 Å². The Kier molecular flexibility index (Phi) is 6.92. The highest BCUT2D eigenvalue weighted by molar-refractivity contribution is 5.95. The number of fused-ring (bicyclic) bond motifs is 1. The minimum absolute atomic E-state index is 0.00987. The zero-order valence-electron chi connectivity index (χ0n) is 19.8. The Labute approximate surface area is 204 Å². The number of aliphatic hydroxyl groups is 2. The van der Waals surface area contributed by atoms with Crippen LogP contribution < -0.4 is 4.90 Å². The normalized spacial score (nSPS) is 23.7. The van der Waals surface area contributed by atoms with E-state index in [1.807, 2.05) is 55.7 Å². The molecule has 2 aliphatic rings. The number of para-hydroxylation sites is 1. The molecule has 35 heavy (non-hydrogen) atoms. The molecule has 0 unspecified atom stereocenters. The molecule has 184 valence electrons. The van der Waals surface area contributed by atoms with E-state index >= 15 is 0 Å². The molecular formula is C26H31N5O4. The summed E-state index contributed by atoms with van der Waals surface area (Å²) in [7, 11) is 2.02. The first-order valence-corrected chi connectivity index (χ1v) is 12.0. The van der Waals surface area contributed by atoms with Crippen LogP contribution in [0.5, 0.6) is 0 Å². The van der Waals surface area contributed by atoms with Gasteiger partial charge in [-0.3, -0.25) is 9.69 Å². The Balaban J connectivity index is 1.15. The van der Waals surface area contributed by atoms with Crippen molar-refractivity contribution in [3.63, 3.8) is 0 Å². The van der Waals surface area contributed by atoms with Gasteiger partial charge in [0.15, 0.2) is 0 Å². The molecule has 1 saturated heterocycles. The van der Waals surface area contributed by atoms with Gasteiger partial charge in [0.05, 0.1) is 24.8 Å². The second-order valence-electron chi connectivity index (χ2n) is 9.41. The molecule has 2 N–H and O–H groups in total. The molecule has 0 spiro atoms. The third kappa shape index (κ3) is 5.28. The van der Waals surface area contributed by atoms with Crippen molar-refractivity contribution in [2.75, 3.05) is 18.5 Å². The lowest BCUT2D eigenvalue weighted by atomic mass is 10.0. The number of rotatable bonds is 8. The van der Waals surface area contributed by atoms with Crippen LogP contribution in [0.4, 0.5) is 5.69 Å². The lowest BCUT2D eigenvalue weighted by Gasteiger charge is -2.21. The predicted molar refractivity (Wildman–Crippen MR) is 129 cm³/mol. The van der Waals surface area contributed by atoms with Gasteiger partial charge in [-0.15, -0.1) is 5.10 Å². The van der Waals surface area contributed by atoms with E-state index in [-0.39, 0.29) is 18.9 Å². The molecule has 2 aromatic carbocycles. The van der Waals surface area contributed by atoms with Crippen LogP contribution in [0.2, 0.25) is 0 Å². The molecule has 0 bridgehead atoms. The number of aliphatic hydroxyl groups excluding tert-OH is 2. The summed E-state index contributed by atoms with van der Waals surface area (Å²) in [5, 5.41) is 29.5. The van der Waals surface area contributed by atoms with Gasteiger partial charge in [-0.25, -0.2) is 4.68 Å².